The van der Waals surface area contributed by atoms with Gasteiger partial charge in [0.15, 0.2) is 0 Å². The Hall–Kier alpha value is -1.84. The molecular formula is C9H10N4. The van der Waals surface area contributed by atoms with Gasteiger partial charge in [0.25, 0.3) is 0 Å². The molecule has 13 heavy (non-hydrogen) atoms. The lowest BCUT2D eigenvalue weighted by atomic mass is 10.1. The van der Waals surface area contributed by atoms with Crippen LogP contribution in [0.25, 0.3) is 10.9 Å². The normalized spacial score (nSPS) is 12.2. The van der Waals surface area contributed by atoms with E-state index in [9.17, 15) is 0 Å². The Balaban J connectivity index is 2.60. The molecule has 1 aromatic carbocycles. The van der Waals surface area contributed by atoms with E-state index in [-0.39, 0.29) is 0 Å². The second-order valence-electron chi connectivity index (χ2n) is 2.89. The predicted octanol–water partition coefficient (Wildman–Crippen LogP) is 1.25. The number of benzene rings is 1. The minimum Gasteiger partial charge on any atom is -0.323 e. The lowest BCUT2D eigenvalue weighted by Gasteiger charge is -1.97. The SMILES string of the molecule is C/C(=N/N)c1ccc2[nH]ncc2c1. The van der Waals surface area contributed by atoms with E-state index >= 15 is 0 Å². The number of nitrogens with one attached hydrogen (secondary N) is 1. The van der Waals surface area contributed by atoms with Crippen LogP contribution in [0.2, 0.25) is 0 Å². The van der Waals surface area contributed by atoms with Crippen molar-refractivity contribution < 1.29 is 0 Å². The molecule has 0 saturated carbocycles. The van der Waals surface area contributed by atoms with E-state index in [1.54, 1.807) is 6.20 Å². The molecule has 0 bridgehead atoms. The summed E-state index contributed by atoms with van der Waals surface area (Å²) in [6.45, 7) is 1.88. The Morgan fingerprint density at radius 3 is 3.15 bits per heavy atom. The second-order valence-corrected chi connectivity index (χ2v) is 2.89. The first-order chi connectivity index (χ1) is 6.31. The van der Waals surface area contributed by atoms with E-state index in [0.29, 0.717) is 0 Å². The van der Waals surface area contributed by atoms with Crippen LogP contribution in [0.1, 0.15) is 12.5 Å². The van der Waals surface area contributed by atoms with Crippen molar-refractivity contribution in [2.75, 3.05) is 0 Å². The van der Waals surface area contributed by atoms with Gasteiger partial charge < -0.3 is 5.84 Å². The summed E-state index contributed by atoms with van der Waals surface area (Å²) >= 11 is 0. The van der Waals surface area contributed by atoms with Crippen molar-refractivity contribution in [3.8, 4) is 0 Å². The number of nitrogens with zero attached hydrogens (tertiary/aromatic N) is 2. The molecule has 0 radical (unpaired) electrons. The van der Waals surface area contributed by atoms with Gasteiger partial charge in [-0.05, 0) is 24.6 Å². The molecule has 4 heteroatoms. The number of rotatable bonds is 1. The van der Waals surface area contributed by atoms with Crippen LogP contribution in [-0.2, 0) is 0 Å². The molecule has 0 spiro atoms. The fourth-order valence-electron chi connectivity index (χ4n) is 1.24. The summed E-state index contributed by atoms with van der Waals surface area (Å²) in [5.74, 6) is 5.19. The largest absolute Gasteiger partial charge is 0.323 e. The molecule has 66 valence electrons. The summed E-state index contributed by atoms with van der Waals surface area (Å²) in [5, 5.41) is 11.5. The molecule has 1 heterocycles. The van der Waals surface area contributed by atoms with Crippen molar-refractivity contribution in [3.63, 3.8) is 0 Å². The summed E-state index contributed by atoms with van der Waals surface area (Å²) in [6, 6.07) is 5.93. The van der Waals surface area contributed by atoms with Crippen LogP contribution in [0.3, 0.4) is 0 Å². The van der Waals surface area contributed by atoms with Crippen LogP contribution in [0.15, 0.2) is 29.5 Å². The predicted molar refractivity (Wildman–Crippen MR) is 52.5 cm³/mol. The number of fused-ring (bicyclic) bond motifs is 1. The monoisotopic (exact) mass is 174 g/mol. The maximum absolute atomic E-state index is 5.19. The minimum absolute atomic E-state index is 0.822. The van der Waals surface area contributed by atoms with Gasteiger partial charge in [-0.15, -0.1) is 0 Å². The number of hydrazone groups is 1. The maximum atomic E-state index is 5.19. The third kappa shape index (κ3) is 1.26. The number of nitrogens with two attached hydrogens (primary N) is 1. The van der Waals surface area contributed by atoms with Gasteiger partial charge in [-0.3, -0.25) is 5.10 Å². The van der Waals surface area contributed by atoms with Gasteiger partial charge >= 0.3 is 0 Å². The number of aromatic amines is 1. The third-order valence-corrected chi connectivity index (χ3v) is 2.05. The van der Waals surface area contributed by atoms with E-state index in [4.69, 9.17) is 5.84 Å². The first-order valence-electron chi connectivity index (χ1n) is 3.99. The van der Waals surface area contributed by atoms with Crippen LogP contribution in [0.5, 0.6) is 0 Å². The second kappa shape index (κ2) is 2.90. The molecule has 0 aliphatic rings. The van der Waals surface area contributed by atoms with Crippen molar-refractivity contribution in [2.24, 2.45) is 10.9 Å². The van der Waals surface area contributed by atoms with Crippen molar-refractivity contribution in [3.05, 3.63) is 30.0 Å². The molecule has 0 fully saturated rings. The van der Waals surface area contributed by atoms with Gasteiger partial charge in [-0.25, -0.2) is 0 Å². The van der Waals surface area contributed by atoms with Crippen molar-refractivity contribution in [1.82, 2.24) is 10.2 Å². The molecule has 0 unspecified atom stereocenters. The molecule has 0 aliphatic heterocycles. The highest BCUT2D eigenvalue weighted by molar-refractivity contribution is 6.01. The molecule has 2 rings (SSSR count). The van der Waals surface area contributed by atoms with E-state index in [0.717, 1.165) is 22.2 Å². The van der Waals surface area contributed by atoms with Gasteiger partial charge in [-0.1, -0.05) is 6.07 Å². The van der Waals surface area contributed by atoms with Crippen LogP contribution >= 0.6 is 0 Å². The van der Waals surface area contributed by atoms with Crippen LogP contribution in [0, 0.1) is 0 Å². The fourth-order valence-corrected chi connectivity index (χ4v) is 1.24. The van der Waals surface area contributed by atoms with Crippen LogP contribution in [0.4, 0.5) is 0 Å². The molecule has 0 atom stereocenters. The number of hydrogen-bond donors (Lipinski definition) is 2. The number of hydrogen-bond acceptors (Lipinski definition) is 3. The average Bonchev–Trinajstić information content (AvgIpc) is 2.63. The van der Waals surface area contributed by atoms with Crippen LogP contribution < -0.4 is 5.84 Å². The summed E-state index contributed by atoms with van der Waals surface area (Å²) < 4.78 is 0. The summed E-state index contributed by atoms with van der Waals surface area (Å²) in [4.78, 5) is 0. The van der Waals surface area contributed by atoms with E-state index in [2.05, 4.69) is 15.3 Å². The first-order valence-corrected chi connectivity index (χ1v) is 3.99. The highest BCUT2D eigenvalue weighted by atomic mass is 15.1. The minimum atomic E-state index is 0.822. The van der Waals surface area contributed by atoms with E-state index in [1.165, 1.54) is 0 Å². The number of H-pyrrole nitrogens is 1. The third-order valence-electron chi connectivity index (χ3n) is 2.05. The Bertz CT molecular complexity index is 455. The van der Waals surface area contributed by atoms with Gasteiger partial charge in [0.05, 0.1) is 17.4 Å². The van der Waals surface area contributed by atoms with Crippen LogP contribution in [-0.4, -0.2) is 15.9 Å². The average molecular weight is 174 g/mol. The number of aromatic nitrogens is 2. The maximum Gasteiger partial charge on any atom is 0.0650 e. The Morgan fingerprint density at radius 1 is 1.54 bits per heavy atom. The summed E-state index contributed by atoms with van der Waals surface area (Å²) in [5.41, 5.74) is 2.87. The lowest BCUT2D eigenvalue weighted by Crippen LogP contribution is -1.97. The Kier molecular flexibility index (Phi) is 1.73. The summed E-state index contributed by atoms with van der Waals surface area (Å²) in [7, 11) is 0. The molecule has 3 N–H and O–H groups in total. The molecule has 0 amide bonds. The summed E-state index contributed by atoms with van der Waals surface area (Å²) in [6.07, 6.45) is 1.78. The molecule has 0 saturated heterocycles. The van der Waals surface area contributed by atoms with E-state index < -0.39 is 0 Å². The zero-order valence-electron chi connectivity index (χ0n) is 7.28. The molecule has 2 aromatic rings. The zero-order valence-corrected chi connectivity index (χ0v) is 7.28. The first kappa shape index (κ1) is 7.79. The van der Waals surface area contributed by atoms with Crippen molar-refractivity contribution in [2.45, 2.75) is 6.92 Å². The molecule has 1 aromatic heterocycles. The molecule has 4 nitrogen and oxygen atoms in total. The van der Waals surface area contributed by atoms with Gasteiger partial charge in [0.2, 0.25) is 0 Å². The van der Waals surface area contributed by atoms with Gasteiger partial charge in [0.1, 0.15) is 0 Å². The Labute approximate surface area is 75.4 Å². The van der Waals surface area contributed by atoms with E-state index in [1.807, 2.05) is 25.1 Å². The standard InChI is InChI=1S/C9H10N4/c1-6(12-10)7-2-3-9-8(4-7)5-11-13-9/h2-5H,10H2,1H3,(H,11,13)/b12-6-. The quantitative estimate of drug-likeness (QED) is 0.388. The zero-order chi connectivity index (χ0) is 9.26. The fraction of sp³-hybridized carbons (Fsp3) is 0.111. The van der Waals surface area contributed by atoms with Crippen molar-refractivity contribution in [1.29, 1.82) is 0 Å². The van der Waals surface area contributed by atoms with Crippen molar-refractivity contribution >= 4 is 16.6 Å². The van der Waals surface area contributed by atoms with Gasteiger partial charge in [0, 0.05) is 5.39 Å². The molecular weight excluding hydrogens is 164 g/mol. The Morgan fingerprint density at radius 2 is 2.38 bits per heavy atom. The highest BCUT2D eigenvalue weighted by Gasteiger charge is 1.99. The molecule has 0 aliphatic carbocycles. The van der Waals surface area contributed by atoms with Gasteiger partial charge in [-0.2, -0.15) is 10.2 Å². The highest BCUT2D eigenvalue weighted by Crippen LogP contribution is 2.13. The lowest BCUT2D eigenvalue weighted by molar-refractivity contribution is 1.12. The smallest absolute Gasteiger partial charge is 0.0650 e. The topological polar surface area (TPSA) is 67.1 Å².